The summed E-state index contributed by atoms with van der Waals surface area (Å²) in [5, 5.41) is 11.1. The second-order valence-corrected chi connectivity index (χ2v) is 10.1. The fraction of sp³-hybridized carbons (Fsp3) is 0.367. The lowest BCUT2D eigenvalue weighted by atomic mass is 9.79. The van der Waals surface area contributed by atoms with Gasteiger partial charge in [0, 0.05) is 0 Å². The largest absolute Gasteiger partial charge is 0.497 e. The van der Waals surface area contributed by atoms with E-state index in [-0.39, 0.29) is 13.1 Å². The number of carbonyl (C=O) groups is 1. The first-order valence-corrected chi connectivity index (χ1v) is 12.3. The lowest BCUT2D eigenvalue weighted by Gasteiger charge is -2.39. The molecule has 0 radical (unpaired) electrons. The van der Waals surface area contributed by atoms with Crippen LogP contribution >= 0.6 is 0 Å². The summed E-state index contributed by atoms with van der Waals surface area (Å²) in [5.41, 5.74) is 0.865. The lowest BCUT2D eigenvalue weighted by molar-refractivity contribution is -0.0817. The molecule has 1 N–H and O–H groups in total. The molecule has 0 saturated carbocycles. The van der Waals surface area contributed by atoms with Gasteiger partial charge in [0.1, 0.15) is 28.8 Å². The highest BCUT2D eigenvalue weighted by molar-refractivity contribution is 5.68. The fourth-order valence-electron chi connectivity index (χ4n) is 4.60. The number of ether oxygens (including phenoxy) is 4. The Morgan fingerprint density at radius 1 is 0.784 bits per heavy atom. The molecule has 196 valence electrons. The number of methoxy groups -OCH3 is 2. The van der Waals surface area contributed by atoms with Crippen molar-refractivity contribution >= 4 is 6.09 Å². The average molecular weight is 506 g/mol. The van der Waals surface area contributed by atoms with Crippen molar-refractivity contribution in [3.05, 3.63) is 95.6 Å². The highest BCUT2D eigenvalue weighted by Gasteiger charge is 2.45. The van der Waals surface area contributed by atoms with Gasteiger partial charge in [-0.05, 0) is 61.7 Å². The van der Waals surface area contributed by atoms with Crippen LogP contribution in [-0.4, -0.2) is 61.2 Å². The number of hydrogen-bond donors (Lipinski definition) is 1. The van der Waals surface area contributed by atoms with Crippen molar-refractivity contribution in [1.29, 1.82) is 0 Å². The molecule has 0 spiro atoms. The zero-order valence-corrected chi connectivity index (χ0v) is 22.0. The molecule has 1 aliphatic rings. The number of aliphatic hydroxyl groups is 1. The summed E-state index contributed by atoms with van der Waals surface area (Å²) < 4.78 is 23.3. The second kappa shape index (κ2) is 10.8. The molecule has 2 atom stereocenters. The van der Waals surface area contributed by atoms with Crippen molar-refractivity contribution in [3.8, 4) is 11.5 Å². The third-order valence-corrected chi connectivity index (χ3v) is 6.39. The van der Waals surface area contributed by atoms with E-state index in [0.717, 1.165) is 28.2 Å². The van der Waals surface area contributed by atoms with Crippen molar-refractivity contribution < 1.29 is 28.8 Å². The quantitative estimate of drug-likeness (QED) is 0.456. The average Bonchev–Trinajstić information content (AvgIpc) is 3.27. The number of amides is 1. The number of aliphatic hydroxyl groups excluding tert-OH is 1. The van der Waals surface area contributed by atoms with E-state index in [9.17, 15) is 9.90 Å². The SMILES string of the molecule is COc1ccc(C(O[C@H]2CN(C(=O)OC(C)(C)C)C[C@H]2O)(c2ccccc2)c2ccc(OC)cc2)cc1. The summed E-state index contributed by atoms with van der Waals surface area (Å²) in [5.74, 6) is 1.44. The van der Waals surface area contributed by atoms with E-state index in [0.29, 0.717) is 0 Å². The van der Waals surface area contributed by atoms with Gasteiger partial charge in [-0.1, -0.05) is 54.6 Å². The maximum absolute atomic E-state index is 12.8. The first kappa shape index (κ1) is 26.5. The van der Waals surface area contributed by atoms with Gasteiger partial charge < -0.3 is 29.0 Å². The van der Waals surface area contributed by atoms with Crippen LogP contribution in [0.25, 0.3) is 0 Å². The van der Waals surface area contributed by atoms with E-state index in [1.165, 1.54) is 4.90 Å². The number of β-amino-alcohol motifs (C(OH)–C–C–N with tert-alkyl or cyclic N) is 1. The molecule has 1 heterocycles. The Labute approximate surface area is 218 Å². The van der Waals surface area contributed by atoms with Crippen LogP contribution in [0.1, 0.15) is 37.5 Å². The van der Waals surface area contributed by atoms with Gasteiger partial charge in [0.2, 0.25) is 0 Å². The molecular weight excluding hydrogens is 470 g/mol. The van der Waals surface area contributed by atoms with Crippen molar-refractivity contribution in [3.63, 3.8) is 0 Å². The third kappa shape index (κ3) is 5.73. The number of carbonyl (C=O) groups excluding carboxylic acids is 1. The topological polar surface area (TPSA) is 77.5 Å². The van der Waals surface area contributed by atoms with Gasteiger partial charge >= 0.3 is 6.09 Å². The third-order valence-electron chi connectivity index (χ3n) is 6.39. The number of rotatable bonds is 7. The standard InChI is InChI=1S/C30H35NO6/c1-29(2,3)37-28(33)31-19-26(32)27(20-31)36-30(21-9-7-6-8-10-21,22-11-15-24(34-4)16-12-22)23-13-17-25(35-5)18-14-23/h6-18,26-27,32H,19-20H2,1-5H3/t26-,27+/m1/s1. The predicted octanol–water partition coefficient (Wildman–Crippen LogP) is 4.99. The predicted molar refractivity (Wildman–Crippen MR) is 141 cm³/mol. The first-order valence-electron chi connectivity index (χ1n) is 12.3. The summed E-state index contributed by atoms with van der Waals surface area (Å²) >= 11 is 0. The fourth-order valence-corrected chi connectivity index (χ4v) is 4.60. The molecule has 0 aliphatic carbocycles. The smallest absolute Gasteiger partial charge is 0.410 e. The molecule has 3 aromatic rings. The van der Waals surface area contributed by atoms with Crippen molar-refractivity contribution in [2.75, 3.05) is 27.3 Å². The Morgan fingerprint density at radius 2 is 1.27 bits per heavy atom. The maximum atomic E-state index is 12.8. The number of nitrogens with zero attached hydrogens (tertiary/aromatic N) is 1. The van der Waals surface area contributed by atoms with Crippen LogP contribution in [0.3, 0.4) is 0 Å². The molecule has 37 heavy (non-hydrogen) atoms. The minimum Gasteiger partial charge on any atom is -0.497 e. The van der Waals surface area contributed by atoms with Crippen LogP contribution in [0.4, 0.5) is 4.79 Å². The lowest BCUT2D eigenvalue weighted by Crippen LogP contribution is -2.41. The molecule has 0 bridgehead atoms. The maximum Gasteiger partial charge on any atom is 0.410 e. The number of benzene rings is 3. The Hall–Kier alpha value is -3.55. The van der Waals surface area contributed by atoms with E-state index in [4.69, 9.17) is 18.9 Å². The van der Waals surface area contributed by atoms with Gasteiger partial charge in [-0.3, -0.25) is 0 Å². The van der Waals surface area contributed by atoms with E-state index >= 15 is 0 Å². The van der Waals surface area contributed by atoms with Crippen molar-refractivity contribution in [2.24, 2.45) is 0 Å². The van der Waals surface area contributed by atoms with E-state index < -0.39 is 29.5 Å². The Kier molecular flexibility index (Phi) is 7.76. The van der Waals surface area contributed by atoms with Crippen LogP contribution in [0, 0.1) is 0 Å². The summed E-state index contributed by atoms with van der Waals surface area (Å²) in [6.45, 7) is 5.77. The monoisotopic (exact) mass is 505 g/mol. The highest BCUT2D eigenvalue weighted by atomic mass is 16.6. The molecular formula is C30H35NO6. The van der Waals surface area contributed by atoms with Crippen molar-refractivity contribution in [2.45, 2.75) is 44.2 Å². The molecule has 1 saturated heterocycles. The zero-order chi connectivity index (χ0) is 26.6. The van der Waals surface area contributed by atoms with Gasteiger partial charge in [0.05, 0.1) is 33.4 Å². The highest BCUT2D eigenvalue weighted by Crippen LogP contribution is 2.43. The molecule has 4 rings (SSSR count). The second-order valence-electron chi connectivity index (χ2n) is 10.1. The summed E-state index contributed by atoms with van der Waals surface area (Å²) in [7, 11) is 3.25. The molecule has 1 aliphatic heterocycles. The minimum atomic E-state index is -1.09. The molecule has 0 unspecified atom stereocenters. The molecule has 7 heteroatoms. The Morgan fingerprint density at radius 3 is 1.73 bits per heavy atom. The van der Waals surface area contributed by atoms with E-state index in [1.807, 2.05) is 99.6 Å². The zero-order valence-electron chi connectivity index (χ0n) is 22.0. The molecule has 0 aromatic heterocycles. The van der Waals surface area contributed by atoms with Crippen LogP contribution in [-0.2, 0) is 15.1 Å². The van der Waals surface area contributed by atoms with E-state index in [1.54, 1.807) is 14.2 Å². The molecule has 7 nitrogen and oxygen atoms in total. The summed E-state index contributed by atoms with van der Waals surface area (Å²) in [6, 6.07) is 25.3. The summed E-state index contributed by atoms with van der Waals surface area (Å²) in [4.78, 5) is 14.3. The molecule has 3 aromatic carbocycles. The molecule has 1 amide bonds. The van der Waals surface area contributed by atoms with Gasteiger partial charge in [-0.2, -0.15) is 0 Å². The van der Waals surface area contributed by atoms with Crippen LogP contribution in [0.15, 0.2) is 78.9 Å². The van der Waals surface area contributed by atoms with Crippen LogP contribution < -0.4 is 9.47 Å². The van der Waals surface area contributed by atoms with Gasteiger partial charge in [-0.15, -0.1) is 0 Å². The summed E-state index contributed by atoms with van der Waals surface area (Å²) in [6.07, 6.45) is -2.04. The minimum absolute atomic E-state index is 0.121. The number of likely N-dealkylation sites (tertiary alicyclic amines) is 1. The Bertz CT molecular complexity index is 1120. The van der Waals surface area contributed by atoms with Gasteiger partial charge in [0.15, 0.2) is 0 Å². The van der Waals surface area contributed by atoms with Gasteiger partial charge in [-0.25, -0.2) is 4.79 Å². The first-order chi connectivity index (χ1) is 17.7. The normalized spacial score (nSPS) is 17.9. The Balaban J connectivity index is 1.81. The van der Waals surface area contributed by atoms with Gasteiger partial charge in [0.25, 0.3) is 0 Å². The van der Waals surface area contributed by atoms with Crippen LogP contribution in [0.2, 0.25) is 0 Å². The molecule has 1 fully saturated rings. The number of hydrogen-bond acceptors (Lipinski definition) is 6. The van der Waals surface area contributed by atoms with Crippen LogP contribution in [0.5, 0.6) is 11.5 Å². The van der Waals surface area contributed by atoms with Crippen molar-refractivity contribution in [1.82, 2.24) is 4.90 Å². The van der Waals surface area contributed by atoms with E-state index in [2.05, 4.69) is 0 Å².